The third-order valence-electron chi connectivity index (χ3n) is 0. The Balaban J connectivity index is 0. The van der Waals surface area contributed by atoms with Crippen molar-refractivity contribution in [3.63, 3.8) is 0 Å². The zero-order chi connectivity index (χ0) is 0. The molecule has 0 radical (unpaired) electrons. The van der Waals surface area contributed by atoms with E-state index >= 15 is 0 Å². The maximum atomic E-state index is 0. The summed E-state index contributed by atoms with van der Waals surface area (Å²) in [4.78, 5) is 0. The van der Waals surface area contributed by atoms with E-state index < -0.39 is 0 Å². The van der Waals surface area contributed by atoms with Gasteiger partial charge >= 0.3 is 22.4 Å². The van der Waals surface area contributed by atoms with Crippen molar-refractivity contribution in [1.82, 2.24) is 0 Å². The SMILES string of the molecule is [F-].[F-].[F-].[F-].[F-].[F-].[Ta+5]. The molecule has 0 amide bonds. The minimum atomic E-state index is 0. The predicted molar refractivity (Wildman–Crippen MR) is 0 cm³/mol. The van der Waals surface area contributed by atoms with Crippen LogP contribution in [-0.2, 0) is 22.4 Å². The van der Waals surface area contributed by atoms with Crippen molar-refractivity contribution in [3.8, 4) is 0 Å². The molecule has 7 heavy (non-hydrogen) atoms. The molecule has 0 rings (SSSR count). The third-order valence-corrected chi connectivity index (χ3v) is 0. The molecule has 48 valence electrons. The first-order valence-electron chi connectivity index (χ1n) is 0. The quantitative estimate of drug-likeness (QED) is 0.389. The summed E-state index contributed by atoms with van der Waals surface area (Å²) in [6, 6.07) is 0. The second-order valence-corrected chi connectivity index (χ2v) is 0. The van der Waals surface area contributed by atoms with E-state index in [1.165, 1.54) is 0 Å². The molecule has 0 spiro atoms. The van der Waals surface area contributed by atoms with Gasteiger partial charge in [-0.2, -0.15) is 0 Å². The minimum absolute atomic E-state index is 0. The van der Waals surface area contributed by atoms with Crippen molar-refractivity contribution in [2.24, 2.45) is 0 Å². The van der Waals surface area contributed by atoms with E-state index in [1.807, 2.05) is 0 Å². The Morgan fingerprint density at radius 3 is 0.286 bits per heavy atom. The second kappa shape index (κ2) is 1740. The number of hydrogen-bond donors (Lipinski definition) is 0. The molecule has 0 nitrogen and oxygen atoms in total. The fourth-order valence-corrected chi connectivity index (χ4v) is 0. The van der Waals surface area contributed by atoms with Gasteiger partial charge in [-0.1, -0.05) is 0 Å². The van der Waals surface area contributed by atoms with E-state index in [-0.39, 0.29) is 50.6 Å². The molecule has 0 fully saturated rings. The summed E-state index contributed by atoms with van der Waals surface area (Å²) >= 11 is 0. The molecular formula is F6Ta-. The number of hydrogen-bond acceptors (Lipinski definition) is 0. The molecule has 0 aromatic carbocycles. The van der Waals surface area contributed by atoms with Crippen LogP contribution in [0.3, 0.4) is 0 Å². The van der Waals surface area contributed by atoms with Gasteiger partial charge in [0.1, 0.15) is 0 Å². The van der Waals surface area contributed by atoms with Crippen LogP contribution in [0.25, 0.3) is 0 Å². The first-order chi connectivity index (χ1) is 0. The zero-order valence-electron chi connectivity index (χ0n) is 2.72. The van der Waals surface area contributed by atoms with E-state index in [9.17, 15) is 0 Å². The summed E-state index contributed by atoms with van der Waals surface area (Å²) in [5.74, 6) is 0. The maximum absolute atomic E-state index is 0. The molecule has 0 aliphatic heterocycles. The topological polar surface area (TPSA) is 0 Å². The summed E-state index contributed by atoms with van der Waals surface area (Å²) in [6.45, 7) is 0. The van der Waals surface area contributed by atoms with E-state index in [2.05, 4.69) is 0 Å². The molecule has 0 unspecified atom stereocenters. The van der Waals surface area contributed by atoms with Crippen LogP contribution in [0, 0.1) is 0 Å². The van der Waals surface area contributed by atoms with E-state index in [1.54, 1.807) is 0 Å². The van der Waals surface area contributed by atoms with Gasteiger partial charge in [0.2, 0.25) is 0 Å². The minimum Gasteiger partial charge on any atom is -1.00 e. The molecule has 0 saturated carbocycles. The first kappa shape index (κ1) is 2850. The third kappa shape index (κ3) is 1150. The van der Waals surface area contributed by atoms with Crippen molar-refractivity contribution < 1.29 is 50.6 Å². The van der Waals surface area contributed by atoms with E-state index in [4.69, 9.17) is 0 Å². The van der Waals surface area contributed by atoms with Crippen molar-refractivity contribution in [2.45, 2.75) is 0 Å². The van der Waals surface area contributed by atoms with Gasteiger partial charge in [0, 0.05) is 0 Å². The number of rotatable bonds is 0. The molecule has 7 heteroatoms. The Hall–Kier alpha value is 0.320. The Morgan fingerprint density at radius 1 is 0.286 bits per heavy atom. The number of halogens is 6. The van der Waals surface area contributed by atoms with Crippen LogP contribution < -0.4 is 28.2 Å². The van der Waals surface area contributed by atoms with Crippen LogP contribution in [-0.4, -0.2) is 0 Å². The van der Waals surface area contributed by atoms with Gasteiger partial charge < -0.3 is 28.2 Å². The smallest absolute Gasteiger partial charge is 1.00 e. The average Bonchev–Trinajstić information content (AvgIpc) is 0. The monoisotopic (exact) mass is 295 g/mol. The first-order valence-corrected chi connectivity index (χ1v) is 0. The summed E-state index contributed by atoms with van der Waals surface area (Å²) in [5.41, 5.74) is 0. The van der Waals surface area contributed by atoms with Crippen molar-refractivity contribution in [3.05, 3.63) is 0 Å². The van der Waals surface area contributed by atoms with Crippen LogP contribution in [0.1, 0.15) is 0 Å². The van der Waals surface area contributed by atoms with Gasteiger partial charge in [0.05, 0.1) is 0 Å². The second-order valence-electron chi connectivity index (χ2n) is 0. The van der Waals surface area contributed by atoms with Crippen molar-refractivity contribution in [1.29, 1.82) is 0 Å². The molecule has 0 saturated heterocycles. The van der Waals surface area contributed by atoms with Crippen LogP contribution in [0.5, 0.6) is 0 Å². The summed E-state index contributed by atoms with van der Waals surface area (Å²) in [6.07, 6.45) is 0. The van der Waals surface area contributed by atoms with E-state index in [0.29, 0.717) is 0 Å². The van der Waals surface area contributed by atoms with Crippen LogP contribution >= 0.6 is 0 Å². The van der Waals surface area contributed by atoms with Gasteiger partial charge in [-0.05, 0) is 0 Å². The van der Waals surface area contributed by atoms with Gasteiger partial charge in [0.15, 0.2) is 0 Å². The van der Waals surface area contributed by atoms with Crippen LogP contribution in [0.15, 0.2) is 0 Å². The Bertz CT molecular complexity index is 4.14. The molecule has 0 aromatic heterocycles. The molecule has 0 N–H and O–H groups in total. The van der Waals surface area contributed by atoms with Gasteiger partial charge in [-0.15, -0.1) is 0 Å². The largest absolute Gasteiger partial charge is 5.00 e. The summed E-state index contributed by atoms with van der Waals surface area (Å²) in [7, 11) is 0. The Kier molecular flexibility index (Phi) is 710000. The predicted octanol–water partition coefficient (Wildman–Crippen LogP) is -18.0. The van der Waals surface area contributed by atoms with Crippen LogP contribution in [0.4, 0.5) is 0 Å². The van der Waals surface area contributed by atoms with Crippen molar-refractivity contribution in [2.75, 3.05) is 0 Å². The molecular weight excluding hydrogens is 295 g/mol. The average molecular weight is 295 g/mol. The molecule has 0 atom stereocenters. The molecule has 0 aromatic rings. The molecule has 0 aliphatic rings. The fraction of sp³-hybridized carbons (Fsp3) is 0. The Morgan fingerprint density at radius 2 is 0.286 bits per heavy atom. The molecule has 0 bridgehead atoms. The maximum Gasteiger partial charge on any atom is 5.00 e. The molecule has 0 aliphatic carbocycles. The molecule has 0 heterocycles. The van der Waals surface area contributed by atoms with Gasteiger partial charge in [0.25, 0.3) is 0 Å². The zero-order valence-corrected chi connectivity index (χ0v) is 5.93. The fourth-order valence-electron chi connectivity index (χ4n) is 0. The Labute approximate surface area is 51.4 Å². The normalized spacial score (nSPS) is 0. The summed E-state index contributed by atoms with van der Waals surface area (Å²) in [5, 5.41) is 0. The van der Waals surface area contributed by atoms with Gasteiger partial charge in [-0.3, -0.25) is 0 Å². The van der Waals surface area contributed by atoms with Crippen LogP contribution in [0.2, 0.25) is 0 Å². The van der Waals surface area contributed by atoms with E-state index in [0.717, 1.165) is 0 Å². The van der Waals surface area contributed by atoms with Crippen molar-refractivity contribution >= 4 is 0 Å². The summed E-state index contributed by atoms with van der Waals surface area (Å²) < 4.78 is 0. The standard InChI is InChI=1S/6FH.Ta/h6*1H;/q;;;;;;+5/p-6. The van der Waals surface area contributed by atoms with Gasteiger partial charge in [-0.25, -0.2) is 0 Å².